The molecular formula is C34H46N7O9-. The highest BCUT2D eigenvalue weighted by Gasteiger charge is 2.26. The van der Waals surface area contributed by atoms with E-state index in [2.05, 4.69) is 15.3 Å². The zero-order chi connectivity index (χ0) is 36.8. The fourth-order valence-corrected chi connectivity index (χ4v) is 5.63. The number of aliphatic carboxylic acids is 1. The molecule has 0 saturated heterocycles. The molecule has 16 heteroatoms. The summed E-state index contributed by atoms with van der Waals surface area (Å²) in [5, 5.41) is 43.8. The van der Waals surface area contributed by atoms with Crippen LogP contribution in [0.3, 0.4) is 0 Å². The number of aryl methyl sites for hydroxylation is 1. The van der Waals surface area contributed by atoms with E-state index in [4.69, 9.17) is 10.5 Å². The van der Waals surface area contributed by atoms with E-state index in [9.17, 15) is 40.0 Å². The van der Waals surface area contributed by atoms with Crippen LogP contribution in [0.25, 0.3) is 11.4 Å². The van der Waals surface area contributed by atoms with Gasteiger partial charge in [0.25, 0.3) is 11.4 Å². The Bertz CT molecular complexity index is 1570. The lowest BCUT2D eigenvalue weighted by molar-refractivity contribution is -0.394. The third-order valence-electron chi connectivity index (χ3n) is 8.12. The summed E-state index contributed by atoms with van der Waals surface area (Å²) in [5.74, 6) is -0.645. The molecule has 1 saturated carbocycles. The van der Waals surface area contributed by atoms with Crippen LogP contribution >= 0.6 is 0 Å². The van der Waals surface area contributed by atoms with Crippen molar-refractivity contribution >= 4 is 23.4 Å². The molecule has 272 valence electrons. The third-order valence-corrected chi connectivity index (χ3v) is 8.12. The number of carbonyl (C=O) groups is 2. The summed E-state index contributed by atoms with van der Waals surface area (Å²) in [7, 11) is 0. The van der Waals surface area contributed by atoms with Gasteiger partial charge >= 0.3 is 12.1 Å². The Morgan fingerprint density at radius 2 is 1.80 bits per heavy atom. The number of nitro benzene ring substituents is 2. The number of hydrogen-bond donors (Lipinski definition) is 3. The van der Waals surface area contributed by atoms with Gasteiger partial charge in [0.2, 0.25) is 0 Å². The van der Waals surface area contributed by atoms with Crippen LogP contribution in [0.4, 0.5) is 16.2 Å². The van der Waals surface area contributed by atoms with Gasteiger partial charge < -0.3 is 26.0 Å². The molecule has 4 N–H and O–H groups in total. The first-order valence-corrected chi connectivity index (χ1v) is 16.6. The number of aliphatic hydroxyl groups is 1. The summed E-state index contributed by atoms with van der Waals surface area (Å²) < 4.78 is 6.27. The van der Waals surface area contributed by atoms with Crippen LogP contribution in [-0.4, -0.2) is 70.4 Å². The second kappa shape index (κ2) is 18.7. The van der Waals surface area contributed by atoms with Gasteiger partial charge in [-0.25, -0.2) is 14.6 Å². The molecule has 4 rings (SSSR count). The molecule has 1 aliphatic carbocycles. The highest BCUT2D eigenvalue weighted by molar-refractivity contribution is 5.80. The second-order valence-corrected chi connectivity index (χ2v) is 13.3. The number of hydrogen-bond acceptors (Lipinski definition) is 10. The number of rotatable bonds is 14. The standard InChI is InChI=1S/C17H19N5O8.C17H27N2O/c1-17(2,3)30-16(25)19-12(15(23)24)6-10-8-20(9-18-10)13-5-4-11(21(26)27)7-14(13)22(28)29;18-16(13-14-7-2-1-3-8-14)17(20)11-6-10-15-9-4-5-12-19-15/h4-5,7-9,12H,6H2,1-3H3,(H,19,25)(H,23,24);4-5,9,12,14,16-18,20H,1-3,6-8,10-11,13H2/q;-1/t12-;16-,17-/m00/s1. The maximum absolute atomic E-state index is 11.8. The number of non-ortho nitro benzene ring substituents is 1. The van der Waals surface area contributed by atoms with Crippen molar-refractivity contribution in [1.82, 2.24) is 19.9 Å². The summed E-state index contributed by atoms with van der Waals surface area (Å²) in [6.07, 6.45) is 12.6. The highest BCUT2D eigenvalue weighted by Crippen LogP contribution is 2.30. The normalized spacial score (nSPS) is 15.1. The number of aromatic nitrogens is 3. The largest absolute Gasteiger partial charge is 0.673 e. The van der Waals surface area contributed by atoms with Crippen LogP contribution in [0.15, 0.2) is 55.1 Å². The molecule has 0 bridgehead atoms. The van der Waals surface area contributed by atoms with Gasteiger partial charge in [-0.05, 0) is 64.2 Å². The molecule has 2 heterocycles. The van der Waals surface area contributed by atoms with Crippen molar-refractivity contribution in [3.63, 3.8) is 0 Å². The Morgan fingerprint density at radius 3 is 2.40 bits per heavy atom. The van der Waals surface area contributed by atoms with Crippen molar-refractivity contribution in [2.45, 2.75) is 109 Å². The minimum atomic E-state index is -1.35. The fourth-order valence-electron chi connectivity index (χ4n) is 5.63. The Morgan fingerprint density at radius 1 is 1.08 bits per heavy atom. The summed E-state index contributed by atoms with van der Waals surface area (Å²) >= 11 is 0. The first kappa shape index (κ1) is 39.5. The Hall–Kier alpha value is -4.96. The Kier molecular flexibility index (Phi) is 14.8. The number of amides is 1. The molecule has 2 aromatic heterocycles. The van der Waals surface area contributed by atoms with E-state index in [1.807, 2.05) is 24.4 Å². The number of benzene rings is 1. The lowest BCUT2D eigenvalue weighted by Gasteiger charge is -2.32. The number of carboxylic acid groups (broad SMARTS) is 1. The number of carboxylic acids is 1. The predicted molar refractivity (Wildman–Crippen MR) is 184 cm³/mol. The molecule has 16 nitrogen and oxygen atoms in total. The zero-order valence-electron chi connectivity index (χ0n) is 28.6. The summed E-state index contributed by atoms with van der Waals surface area (Å²) in [4.78, 5) is 52.2. The number of pyridine rings is 1. The van der Waals surface area contributed by atoms with Crippen molar-refractivity contribution in [1.29, 1.82) is 0 Å². The van der Waals surface area contributed by atoms with Gasteiger partial charge in [-0.2, -0.15) is 0 Å². The van der Waals surface area contributed by atoms with Gasteiger partial charge in [0.15, 0.2) is 0 Å². The molecule has 1 aromatic carbocycles. The lowest BCUT2D eigenvalue weighted by atomic mass is 9.83. The van der Waals surface area contributed by atoms with E-state index < -0.39 is 51.0 Å². The maximum atomic E-state index is 11.8. The SMILES string of the molecule is CC(C)(C)OC(=O)N[C@@H](Cc1cn(-c2ccc([N+](=O)[O-])cc2[N+](=O)[O-])cn1)C(=O)O.[NH-][C@@H](CC1CCCCC1)[C@@H](O)CCCc1ccccn1. The van der Waals surface area contributed by atoms with E-state index in [1.54, 1.807) is 20.8 Å². The van der Waals surface area contributed by atoms with Crippen LogP contribution in [0.5, 0.6) is 0 Å². The third kappa shape index (κ3) is 13.2. The number of nitrogens with zero attached hydrogens (tertiary/aromatic N) is 5. The van der Waals surface area contributed by atoms with Gasteiger partial charge in [0.1, 0.15) is 17.3 Å². The summed E-state index contributed by atoms with van der Waals surface area (Å²) in [6, 6.07) is 7.39. The zero-order valence-corrected chi connectivity index (χ0v) is 28.6. The van der Waals surface area contributed by atoms with Gasteiger partial charge in [-0.15, -0.1) is 6.04 Å². The number of nitrogens with one attached hydrogen (secondary N) is 2. The molecule has 3 aromatic rings. The molecular weight excluding hydrogens is 650 g/mol. The minimum absolute atomic E-state index is 0.0105. The molecule has 50 heavy (non-hydrogen) atoms. The predicted octanol–water partition coefficient (Wildman–Crippen LogP) is 6.37. The minimum Gasteiger partial charge on any atom is -0.673 e. The van der Waals surface area contributed by atoms with Crippen LogP contribution < -0.4 is 5.32 Å². The van der Waals surface area contributed by atoms with E-state index in [0.717, 1.165) is 43.5 Å². The first-order chi connectivity index (χ1) is 23.6. The van der Waals surface area contributed by atoms with Gasteiger partial charge in [-0.1, -0.05) is 44.6 Å². The average molecular weight is 697 g/mol. The van der Waals surface area contributed by atoms with Crippen molar-refractivity contribution in [2.24, 2.45) is 5.92 Å². The monoisotopic (exact) mass is 696 g/mol. The summed E-state index contributed by atoms with van der Waals surface area (Å²) in [6.45, 7) is 4.88. The van der Waals surface area contributed by atoms with Gasteiger partial charge in [0, 0.05) is 36.7 Å². The smallest absolute Gasteiger partial charge is 0.408 e. The lowest BCUT2D eigenvalue weighted by Crippen LogP contribution is -2.44. The molecule has 0 unspecified atom stereocenters. The van der Waals surface area contributed by atoms with Crippen LogP contribution in [0.2, 0.25) is 0 Å². The topological polar surface area (TPSA) is 237 Å². The summed E-state index contributed by atoms with van der Waals surface area (Å²) in [5.41, 5.74) is 7.65. The molecule has 0 aliphatic heterocycles. The van der Waals surface area contributed by atoms with E-state index in [-0.39, 0.29) is 23.8 Å². The van der Waals surface area contributed by atoms with E-state index >= 15 is 0 Å². The number of alkyl carbamates (subject to hydrolysis) is 1. The van der Waals surface area contributed by atoms with Gasteiger partial charge in [0.05, 0.1) is 27.9 Å². The van der Waals surface area contributed by atoms with E-state index in [1.165, 1.54) is 55.3 Å². The molecule has 0 radical (unpaired) electrons. The van der Waals surface area contributed by atoms with Crippen molar-refractivity contribution < 1.29 is 34.4 Å². The van der Waals surface area contributed by atoms with Crippen molar-refractivity contribution in [3.8, 4) is 5.69 Å². The first-order valence-electron chi connectivity index (χ1n) is 16.6. The van der Waals surface area contributed by atoms with E-state index in [0.29, 0.717) is 5.92 Å². The number of ether oxygens (including phenoxy) is 1. The quantitative estimate of drug-likeness (QED) is 0.124. The number of carbonyl (C=O) groups excluding carboxylic acids is 1. The van der Waals surface area contributed by atoms with Crippen LogP contribution in [-0.2, 0) is 22.4 Å². The molecule has 0 spiro atoms. The molecule has 1 fully saturated rings. The Balaban J connectivity index is 0.000000292. The fraction of sp³-hybridized carbons (Fsp3) is 0.529. The van der Waals surface area contributed by atoms with Crippen LogP contribution in [0.1, 0.15) is 83.5 Å². The molecule has 1 amide bonds. The molecule has 1 aliphatic rings. The Labute approximate surface area is 290 Å². The van der Waals surface area contributed by atoms with Gasteiger partial charge in [-0.3, -0.25) is 29.8 Å². The van der Waals surface area contributed by atoms with Crippen molar-refractivity contribution in [3.05, 3.63) is 92.5 Å². The average Bonchev–Trinajstić information content (AvgIpc) is 3.52. The number of nitro groups is 2. The van der Waals surface area contributed by atoms with Crippen molar-refractivity contribution in [2.75, 3.05) is 0 Å². The molecule has 3 atom stereocenters. The number of aliphatic hydroxyl groups excluding tert-OH is 1. The maximum Gasteiger partial charge on any atom is 0.408 e. The second-order valence-electron chi connectivity index (χ2n) is 13.3. The number of imidazole rings is 1. The highest BCUT2D eigenvalue weighted by atomic mass is 16.6. The van der Waals surface area contributed by atoms with Crippen LogP contribution in [0, 0.1) is 26.1 Å².